The molecule has 0 saturated carbocycles. The molecular formula is C16H25N3. The highest BCUT2D eigenvalue weighted by Gasteiger charge is 2.25. The first kappa shape index (κ1) is 14.1. The number of benzene rings is 1. The van der Waals surface area contributed by atoms with Gasteiger partial charge in [-0.1, -0.05) is 39.0 Å². The van der Waals surface area contributed by atoms with Crippen LogP contribution in [0.25, 0.3) is 10.9 Å². The maximum absolute atomic E-state index is 4.79. The van der Waals surface area contributed by atoms with E-state index in [1.807, 2.05) is 7.05 Å². The van der Waals surface area contributed by atoms with Crippen LogP contribution in [0.15, 0.2) is 24.3 Å². The fourth-order valence-corrected chi connectivity index (χ4v) is 2.62. The van der Waals surface area contributed by atoms with Crippen molar-refractivity contribution in [3.63, 3.8) is 0 Å². The summed E-state index contributed by atoms with van der Waals surface area (Å²) in [6, 6.07) is 8.94. The summed E-state index contributed by atoms with van der Waals surface area (Å²) in [6.07, 6.45) is 0.966. The van der Waals surface area contributed by atoms with E-state index < -0.39 is 0 Å². The predicted octanol–water partition coefficient (Wildman–Crippen LogP) is 3.23. The van der Waals surface area contributed by atoms with Crippen LogP contribution >= 0.6 is 0 Å². The summed E-state index contributed by atoms with van der Waals surface area (Å²) >= 11 is 0. The smallest absolute Gasteiger partial charge is 0.0719 e. The SMILES string of the molecule is CCn1nc(CC(NC)C(C)(C)C)c2ccccc21. The van der Waals surface area contributed by atoms with Crippen LogP contribution in [0.3, 0.4) is 0 Å². The molecule has 0 spiro atoms. The number of hydrogen-bond donors (Lipinski definition) is 1. The van der Waals surface area contributed by atoms with Crippen molar-refractivity contribution in [2.75, 3.05) is 7.05 Å². The summed E-state index contributed by atoms with van der Waals surface area (Å²) in [7, 11) is 2.04. The Kier molecular flexibility index (Phi) is 3.95. The molecule has 2 aromatic rings. The highest BCUT2D eigenvalue weighted by Crippen LogP contribution is 2.25. The molecule has 0 aliphatic heterocycles. The summed E-state index contributed by atoms with van der Waals surface area (Å²) in [5.74, 6) is 0. The van der Waals surface area contributed by atoms with Crippen LogP contribution in [0.4, 0.5) is 0 Å². The second kappa shape index (κ2) is 5.33. The third-order valence-corrected chi connectivity index (χ3v) is 3.83. The molecule has 0 aliphatic carbocycles. The maximum Gasteiger partial charge on any atom is 0.0719 e. The summed E-state index contributed by atoms with van der Waals surface area (Å²) in [5, 5.41) is 9.50. The summed E-state index contributed by atoms with van der Waals surface area (Å²) < 4.78 is 2.10. The number of aryl methyl sites for hydroxylation is 1. The van der Waals surface area contributed by atoms with Gasteiger partial charge in [-0.25, -0.2) is 0 Å². The topological polar surface area (TPSA) is 29.9 Å². The quantitative estimate of drug-likeness (QED) is 0.913. The molecule has 0 aliphatic rings. The Bertz CT molecular complexity index is 549. The second-order valence-electron chi connectivity index (χ2n) is 6.19. The van der Waals surface area contributed by atoms with Crippen molar-refractivity contribution in [2.45, 2.75) is 46.7 Å². The average Bonchev–Trinajstić information content (AvgIpc) is 2.73. The Morgan fingerprint density at radius 3 is 2.53 bits per heavy atom. The van der Waals surface area contributed by atoms with Crippen LogP contribution < -0.4 is 5.32 Å². The normalized spacial score (nSPS) is 13.9. The third-order valence-electron chi connectivity index (χ3n) is 3.83. The van der Waals surface area contributed by atoms with Crippen LogP contribution in [-0.4, -0.2) is 22.9 Å². The van der Waals surface area contributed by atoms with Gasteiger partial charge in [-0.15, -0.1) is 0 Å². The van der Waals surface area contributed by atoms with Crippen molar-refractivity contribution < 1.29 is 0 Å². The molecule has 1 N–H and O–H groups in total. The zero-order valence-corrected chi connectivity index (χ0v) is 12.7. The molecular weight excluding hydrogens is 234 g/mol. The van der Waals surface area contributed by atoms with Crippen molar-refractivity contribution in [3.8, 4) is 0 Å². The van der Waals surface area contributed by atoms with E-state index in [-0.39, 0.29) is 5.41 Å². The van der Waals surface area contributed by atoms with Crippen molar-refractivity contribution in [3.05, 3.63) is 30.0 Å². The predicted molar refractivity (Wildman–Crippen MR) is 81.4 cm³/mol. The number of likely N-dealkylation sites (N-methyl/N-ethyl adjacent to an activating group) is 1. The van der Waals surface area contributed by atoms with Crippen molar-refractivity contribution in [1.29, 1.82) is 0 Å². The summed E-state index contributed by atoms with van der Waals surface area (Å²) in [4.78, 5) is 0. The van der Waals surface area contributed by atoms with E-state index in [4.69, 9.17) is 5.10 Å². The fraction of sp³-hybridized carbons (Fsp3) is 0.562. The monoisotopic (exact) mass is 259 g/mol. The zero-order valence-electron chi connectivity index (χ0n) is 12.7. The van der Waals surface area contributed by atoms with Gasteiger partial charge in [0.2, 0.25) is 0 Å². The molecule has 3 nitrogen and oxygen atoms in total. The lowest BCUT2D eigenvalue weighted by atomic mass is 9.84. The van der Waals surface area contributed by atoms with E-state index in [1.54, 1.807) is 0 Å². The van der Waals surface area contributed by atoms with Gasteiger partial charge >= 0.3 is 0 Å². The minimum Gasteiger partial charge on any atom is -0.316 e. The second-order valence-corrected chi connectivity index (χ2v) is 6.19. The molecule has 0 saturated heterocycles. The Labute approximate surface area is 116 Å². The minimum atomic E-state index is 0.228. The molecule has 1 unspecified atom stereocenters. The lowest BCUT2D eigenvalue weighted by Crippen LogP contribution is -2.39. The molecule has 3 heteroatoms. The van der Waals surface area contributed by atoms with E-state index in [0.29, 0.717) is 6.04 Å². The Morgan fingerprint density at radius 1 is 1.26 bits per heavy atom. The lowest BCUT2D eigenvalue weighted by molar-refractivity contribution is 0.278. The van der Waals surface area contributed by atoms with Crippen molar-refractivity contribution >= 4 is 10.9 Å². The average molecular weight is 259 g/mol. The third kappa shape index (κ3) is 2.81. The van der Waals surface area contributed by atoms with Crippen LogP contribution in [0, 0.1) is 5.41 Å². The Balaban J connectivity index is 2.40. The van der Waals surface area contributed by atoms with Crippen LogP contribution in [-0.2, 0) is 13.0 Å². The fourth-order valence-electron chi connectivity index (χ4n) is 2.62. The first-order valence-corrected chi connectivity index (χ1v) is 7.09. The Hall–Kier alpha value is -1.35. The van der Waals surface area contributed by atoms with Gasteiger partial charge in [-0.3, -0.25) is 4.68 Å². The van der Waals surface area contributed by atoms with E-state index in [1.165, 1.54) is 16.6 Å². The molecule has 0 radical (unpaired) electrons. The molecule has 2 rings (SSSR count). The van der Waals surface area contributed by atoms with Crippen LogP contribution in [0.5, 0.6) is 0 Å². The van der Waals surface area contributed by atoms with Gasteiger partial charge in [0.1, 0.15) is 0 Å². The highest BCUT2D eigenvalue weighted by molar-refractivity contribution is 5.82. The number of para-hydroxylation sites is 1. The number of fused-ring (bicyclic) bond motifs is 1. The highest BCUT2D eigenvalue weighted by atomic mass is 15.3. The van der Waals surface area contributed by atoms with E-state index in [2.05, 4.69) is 62.0 Å². The van der Waals surface area contributed by atoms with Gasteiger partial charge in [-0.05, 0) is 25.5 Å². The first-order chi connectivity index (χ1) is 8.97. The van der Waals surface area contributed by atoms with Gasteiger partial charge in [0.25, 0.3) is 0 Å². The van der Waals surface area contributed by atoms with Gasteiger partial charge in [0, 0.05) is 24.4 Å². The molecule has 1 heterocycles. The summed E-state index contributed by atoms with van der Waals surface area (Å²) in [6.45, 7) is 9.87. The van der Waals surface area contributed by atoms with Crippen molar-refractivity contribution in [2.24, 2.45) is 5.41 Å². The standard InChI is InChI=1S/C16H25N3/c1-6-19-14-10-8-7-9-12(14)13(18-19)11-15(17-5)16(2,3)4/h7-10,15,17H,6,11H2,1-5H3. The zero-order chi connectivity index (χ0) is 14.0. The van der Waals surface area contributed by atoms with Gasteiger partial charge in [0.05, 0.1) is 11.2 Å². The molecule has 1 atom stereocenters. The van der Waals surface area contributed by atoms with E-state index in [9.17, 15) is 0 Å². The van der Waals surface area contributed by atoms with Gasteiger partial charge in [0.15, 0.2) is 0 Å². The maximum atomic E-state index is 4.79. The van der Waals surface area contributed by atoms with Gasteiger partial charge < -0.3 is 5.32 Å². The number of nitrogens with zero attached hydrogens (tertiary/aromatic N) is 2. The molecule has 0 fully saturated rings. The summed E-state index contributed by atoms with van der Waals surface area (Å²) in [5.41, 5.74) is 2.67. The Morgan fingerprint density at radius 2 is 1.95 bits per heavy atom. The molecule has 1 aromatic heterocycles. The van der Waals surface area contributed by atoms with E-state index >= 15 is 0 Å². The number of rotatable bonds is 4. The van der Waals surface area contributed by atoms with E-state index in [0.717, 1.165) is 13.0 Å². The minimum absolute atomic E-state index is 0.228. The number of nitrogens with one attached hydrogen (secondary N) is 1. The molecule has 0 amide bonds. The molecule has 19 heavy (non-hydrogen) atoms. The molecule has 0 bridgehead atoms. The lowest BCUT2D eigenvalue weighted by Gasteiger charge is -2.30. The van der Waals surface area contributed by atoms with Crippen LogP contribution in [0.2, 0.25) is 0 Å². The molecule has 1 aromatic carbocycles. The van der Waals surface area contributed by atoms with Crippen LogP contribution in [0.1, 0.15) is 33.4 Å². The van der Waals surface area contributed by atoms with Gasteiger partial charge in [-0.2, -0.15) is 5.10 Å². The van der Waals surface area contributed by atoms with Crippen molar-refractivity contribution in [1.82, 2.24) is 15.1 Å². The first-order valence-electron chi connectivity index (χ1n) is 7.09. The number of aromatic nitrogens is 2. The largest absolute Gasteiger partial charge is 0.316 e. The molecule has 104 valence electrons. The number of hydrogen-bond acceptors (Lipinski definition) is 2.